The van der Waals surface area contributed by atoms with Crippen molar-refractivity contribution >= 4 is 5.57 Å². The smallest absolute Gasteiger partial charge is 0.0842 e. The molecule has 0 bridgehead atoms. The topological polar surface area (TPSA) is 46.0 Å². The summed E-state index contributed by atoms with van der Waals surface area (Å²) < 4.78 is 0. The SMILES string of the molecule is CC1(C)CC(c2cnccn2)=CC(O)C1. The Morgan fingerprint density at radius 3 is 2.80 bits per heavy atom. The molecular weight excluding hydrogens is 188 g/mol. The summed E-state index contributed by atoms with van der Waals surface area (Å²) in [6.45, 7) is 4.33. The number of hydrogen-bond acceptors (Lipinski definition) is 3. The van der Waals surface area contributed by atoms with Crippen molar-refractivity contribution in [3.8, 4) is 0 Å². The van der Waals surface area contributed by atoms with Crippen molar-refractivity contribution in [2.45, 2.75) is 32.8 Å². The summed E-state index contributed by atoms with van der Waals surface area (Å²) in [5, 5.41) is 9.75. The van der Waals surface area contributed by atoms with E-state index in [-0.39, 0.29) is 11.5 Å². The fraction of sp³-hybridized carbons (Fsp3) is 0.500. The Morgan fingerprint density at radius 1 is 1.40 bits per heavy atom. The molecule has 0 saturated carbocycles. The molecule has 0 radical (unpaired) electrons. The van der Waals surface area contributed by atoms with Gasteiger partial charge < -0.3 is 5.11 Å². The van der Waals surface area contributed by atoms with Gasteiger partial charge in [0.2, 0.25) is 0 Å². The highest BCUT2D eigenvalue weighted by Crippen LogP contribution is 2.38. The molecule has 1 aliphatic carbocycles. The Labute approximate surface area is 89.9 Å². The molecule has 1 N–H and O–H groups in total. The Hall–Kier alpha value is -1.22. The minimum atomic E-state index is -0.356. The maximum Gasteiger partial charge on any atom is 0.0842 e. The first-order valence-electron chi connectivity index (χ1n) is 5.22. The van der Waals surface area contributed by atoms with Crippen LogP contribution in [-0.4, -0.2) is 21.2 Å². The van der Waals surface area contributed by atoms with Crippen LogP contribution in [0.2, 0.25) is 0 Å². The molecule has 0 aliphatic heterocycles. The third-order valence-electron chi connectivity index (χ3n) is 2.72. The number of allylic oxidation sites excluding steroid dienone is 1. The highest BCUT2D eigenvalue weighted by Gasteiger charge is 2.28. The summed E-state index contributed by atoms with van der Waals surface area (Å²) in [6, 6.07) is 0. The molecule has 3 nitrogen and oxygen atoms in total. The molecule has 1 heterocycles. The summed E-state index contributed by atoms with van der Waals surface area (Å²) in [5.74, 6) is 0. The lowest BCUT2D eigenvalue weighted by Gasteiger charge is -2.32. The van der Waals surface area contributed by atoms with E-state index < -0.39 is 0 Å². The van der Waals surface area contributed by atoms with Gasteiger partial charge in [0.25, 0.3) is 0 Å². The first kappa shape index (κ1) is 10.3. The monoisotopic (exact) mass is 204 g/mol. The maximum atomic E-state index is 9.75. The average molecular weight is 204 g/mol. The Balaban J connectivity index is 2.30. The van der Waals surface area contributed by atoms with E-state index in [2.05, 4.69) is 23.8 Å². The fourth-order valence-electron chi connectivity index (χ4n) is 2.14. The van der Waals surface area contributed by atoms with E-state index in [4.69, 9.17) is 0 Å². The van der Waals surface area contributed by atoms with Crippen LogP contribution in [0.3, 0.4) is 0 Å². The van der Waals surface area contributed by atoms with Crippen LogP contribution in [-0.2, 0) is 0 Å². The van der Waals surface area contributed by atoms with Crippen molar-refractivity contribution < 1.29 is 5.11 Å². The van der Waals surface area contributed by atoms with E-state index in [0.29, 0.717) is 0 Å². The highest BCUT2D eigenvalue weighted by atomic mass is 16.3. The fourth-order valence-corrected chi connectivity index (χ4v) is 2.14. The van der Waals surface area contributed by atoms with Gasteiger partial charge in [-0.1, -0.05) is 19.9 Å². The third-order valence-corrected chi connectivity index (χ3v) is 2.72. The first-order valence-corrected chi connectivity index (χ1v) is 5.22. The average Bonchev–Trinajstić information content (AvgIpc) is 2.16. The van der Waals surface area contributed by atoms with Crippen molar-refractivity contribution in [3.63, 3.8) is 0 Å². The largest absolute Gasteiger partial charge is 0.389 e. The van der Waals surface area contributed by atoms with Crippen molar-refractivity contribution in [2.24, 2.45) is 5.41 Å². The Morgan fingerprint density at radius 2 is 2.20 bits per heavy atom. The van der Waals surface area contributed by atoms with Gasteiger partial charge in [0, 0.05) is 12.4 Å². The van der Waals surface area contributed by atoms with Crippen molar-refractivity contribution in [1.82, 2.24) is 9.97 Å². The van der Waals surface area contributed by atoms with Gasteiger partial charge in [-0.15, -0.1) is 0 Å². The second-order valence-electron chi connectivity index (χ2n) is 4.90. The normalized spacial score (nSPS) is 24.7. The summed E-state index contributed by atoms with van der Waals surface area (Å²) >= 11 is 0. The molecule has 1 aliphatic rings. The molecule has 0 aromatic carbocycles. The van der Waals surface area contributed by atoms with E-state index in [0.717, 1.165) is 24.1 Å². The molecule has 3 heteroatoms. The molecule has 0 saturated heterocycles. The predicted octanol–water partition coefficient (Wildman–Crippen LogP) is 2.04. The van der Waals surface area contributed by atoms with Crippen LogP contribution in [0, 0.1) is 5.41 Å². The molecule has 1 aromatic heterocycles. The van der Waals surface area contributed by atoms with Gasteiger partial charge in [-0.2, -0.15) is 0 Å². The molecule has 1 atom stereocenters. The van der Waals surface area contributed by atoms with Crippen LogP contribution in [0.25, 0.3) is 5.57 Å². The molecular formula is C12H16N2O. The summed E-state index contributed by atoms with van der Waals surface area (Å²) in [5.41, 5.74) is 2.12. The zero-order valence-electron chi connectivity index (χ0n) is 9.14. The zero-order chi connectivity index (χ0) is 10.9. The van der Waals surface area contributed by atoms with Gasteiger partial charge in [-0.3, -0.25) is 9.97 Å². The Kier molecular flexibility index (Phi) is 2.57. The standard InChI is InChI=1S/C12H16N2O/c1-12(2)6-9(5-10(15)7-12)11-8-13-3-4-14-11/h3-5,8,10,15H,6-7H2,1-2H3. The van der Waals surface area contributed by atoms with E-state index in [9.17, 15) is 5.11 Å². The maximum absolute atomic E-state index is 9.75. The molecule has 2 rings (SSSR count). The van der Waals surface area contributed by atoms with Crippen molar-refractivity contribution in [1.29, 1.82) is 0 Å². The molecule has 15 heavy (non-hydrogen) atoms. The van der Waals surface area contributed by atoms with Crippen molar-refractivity contribution in [2.75, 3.05) is 0 Å². The first-order chi connectivity index (χ1) is 7.07. The number of aliphatic hydroxyl groups is 1. The van der Waals surface area contributed by atoms with Gasteiger partial charge in [-0.05, 0) is 23.8 Å². The quantitative estimate of drug-likeness (QED) is 0.761. The molecule has 80 valence electrons. The Bertz CT molecular complexity index is 370. The van der Waals surface area contributed by atoms with Crippen LogP contribution >= 0.6 is 0 Å². The van der Waals surface area contributed by atoms with E-state index in [1.807, 2.05) is 6.08 Å². The predicted molar refractivity (Wildman–Crippen MR) is 59.0 cm³/mol. The van der Waals surface area contributed by atoms with Crippen molar-refractivity contribution in [3.05, 3.63) is 30.4 Å². The van der Waals surface area contributed by atoms with E-state index in [1.165, 1.54) is 0 Å². The van der Waals surface area contributed by atoms with E-state index in [1.54, 1.807) is 18.6 Å². The van der Waals surface area contributed by atoms with Gasteiger partial charge in [-0.25, -0.2) is 0 Å². The summed E-state index contributed by atoms with van der Waals surface area (Å²) in [6.07, 6.45) is 8.40. The lowest BCUT2D eigenvalue weighted by Crippen LogP contribution is -2.24. The number of hydrogen-bond donors (Lipinski definition) is 1. The summed E-state index contributed by atoms with van der Waals surface area (Å²) in [7, 11) is 0. The van der Waals surface area contributed by atoms with Crippen LogP contribution in [0.4, 0.5) is 0 Å². The zero-order valence-corrected chi connectivity index (χ0v) is 9.14. The number of nitrogens with zero attached hydrogens (tertiary/aromatic N) is 2. The molecule has 0 spiro atoms. The number of aromatic nitrogens is 2. The third kappa shape index (κ3) is 2.42. The lowest BCUT2D eigenvalue weighted by atomic mass is 9.75. The van der Waals surface area contributed by atoms with Crippen LogP contribution < -0.4 is 0 Å². The second kappa shape index (κ2) is 3.74. The molecule has 1 aromatic rings. The van der Waals surface area contributed by atoms with Gasteiger partial charge in [0.15, 0.2) is 0 Å². The number of rotatable bonds is 1. The lowest BCUT2D eigenvalue weighted by molar-refractivity contribution is 0.146. The van der Waals surface area contributed by atoms with Crippen LogP contribution in [0.15, 0.2) is 24.7 Å². The van der Waals surface area contributed by atoms with Gasteiger partial charge in [0.05, 0.1) is 18.0 Å². The minimum absolute atomic E-state index is 0.140. The summed E-state index contributed by atoms with van der Waals surface area (Å²) in [4.78, 5) is 8.31. The van der Waals surface area contributed by atoms with Crippen LogP contribution in [0.1, 0.15) is 32.4 Å². The van der Waals surface area contributed by atoms with E-state index >= 15 is 0 Å². The molecule has 1 unspecified atom stereocenters. The van der Waals surface area contributed by atoms with Gasteiger partial charge in [0.1, 0.15) is 0 Å². The highest BCUT2D eigenvalue weighted by molar-refractivity contribution is 5.63. The minimum Gasteiger partial charge on any atom is -0.389 e. The van der Waals surface area contributed by atoms with Gasteiger partial charge >= 0.3 is 0 Å². The molecule has 0 fully saturated rings. The number of aliphatic hydroxyl groups excluding tert-OH is 1. The van der Waals surface area contributed by atoms with Crippen LogP contribution in [0.5, 0.6) is 0 Å². The molecule has 0 amide bonds. The second-order valence-corrected chi connectivity index (χ2v) is 4.90.